The minimum Gasteiger partial charge on any atom is -0.497 e. The van der Waals surface area contributed by atoms with Crippen LogP contribution >= 0.6 is 0 Å². The van der Waals surface area contributed by atoms with Crippen LogP contribution in [0.3, 0.4) is 0 Å². The summed E-state index contributed by atoms with van der Waals surface area (Å²) in [7, 11) is 1.48. The molecule has 0 aliphatic carbocycles. The van der Waals surface area contributed by atoms with Gasteiger partial charge in [-0.05, 0) is 24.3 Å². The zero-order valence-corrected chi connectivity index (χ0v) is 11.4. The van der Waals surface area contributed by atoms with Crippen molar-refractivity contribution in [1.29, 1.82) is 0 Å². The molecule has 0 N–H and O–H groups in total. The Morgan fingerprint density at radius 1 is 1.19 bits per heavy atom. The molecule has 1 aliphatic heterocycles. The highest BCUT2D eigenvalue weighted by atomic mass is 19.1. The summed E-state index contributed by atoms with van der Waals surface area (Å²) in [6, 6.07) is 9.57. The first-order valence-corrected chi connectivity index (χ1v) is 6.42. The lowest BCUT2D eigenvalue weighted by atomic mass is 10.1. The minimum absolute atomic E-state index is 0.0438. The molecular weight excluding hydrogens is 275 g/mol. The van der Waals surface area contributed by atoms with Gasteiger partial charge in [-0.25, -0.2) is 4.39 Å². The summed E-state index contributed by atoms with van der Waals surface area (Å²) >= 11 is 0. The molecule has 0 bridgehead atoms. The second-order valence-corrected chi connectivity index (χ2v) is 4.62. The van der Waals surface area contributed by atoms with Crippen molar-refractivity contribution < 1.29 is 23.4 Å². The first kappa shape index (κ1) is 13.4. The van der Waals surface area contributed by atoms with E-state index in [-0.39, 0.29) is 24.8 Å². The molecule has 21 heavy (non-hydrogen) atoms. The number of rotatable bonds is 4. The van der Waals surface area contributed by atoms with Crippen molar-refractivity contribution >= 4 is 5.78 Å². The topological polar surface area (TPSA) is 44.8 Å². The molecule has 0 amide bonds. The maximum Gasteiger partial charge on any atom is 0.203 e. The maximum absolute atomic E-state index is 13.8. The fourth-order valence-corrected chi connectivity index (χ4v) is 2.10. The van der Waals surface area contributed by atoms with Gasteiger partial charge in [0.25, 0.3) is 0 Å². The van der Waals surface area contributed by atoms with Gasteiger partial charge in [0.2, 0.25) is 5.78 Å². The average molecular weight is 288 g/mol. The van der Waals surface area contributed by atoms with Crippen LogP contribution in [0.2, 0.25) is 0 Å². The standard InChI is InChI=1S/C16H13FO4/c1-19-11-3-2-10(14(17)6-11)8-20-12-4-5-13-15(18)9-21-16(13)7-12/h2-7H,8-9H2,1H3. The van der Waals surface area contributed by atoms with Crippen LogP contribution in [0.4, 0.5) is 4.39 Å². The number of benzene rings is 2. The third-order valence-corrected chi connectivity index (χ3v) is 3.27. The molecule has 0 saturated heterocycles. The van der Waals surface area contributed by atoms with Crippen LogP contribution in [-0.2, 0) is 6.61 Å². The Labute approximate surface area is 121 Å². The van der Waals surface area contributed by atoms with Crippen molar-refractivity contribution in [3.63, 3.8) is 0 Å². The van der Waals surface area contributed by atoms with Crippen LogP contribution in [0.25, 0.3) is 0 Å². The SMILES string of the molecule is COc1ccc(COc2ccc3c(c2)OCC3=O)c(F)c1. The Morgan fingerprint density at radius 2 is 2.00 bits per heavy atom. The molecule has 0 aromatic heterocycles. The summed E-state index contributed by atoms with van der Waals surface area (Å²) in [5.41, 5.74) is 0.978. The molecule has 1 aliphatic rings. The number of halogens is 1. The number of fused-ring (bicyclic) bond motifs is 1. The molecule has 0 saturated carbocycles. The lowest BCUT2D eigenvalue weighted by Crippen LogP contribution is -1.99. The van der Waals surface area contributed by atoms with Crippen LogP contribution in [0.15, 0.2) is 36.4 Å². The van der Waals surface area contributed by atoms with Crippen LogP contribution in [-0.4, -0.2) is 19.5 Å². The van der Waals surface area contributed by atoms with Crippen LogP contribution in [0.1, 0.15) is 15.9 Å². The normalized spacial score (nSPS) is 12.8. The van der Waals surface area contributed by atoms with Crippen molar-refractivity contribution in [3.8, 4) is 17.2 Å². The van der Waals surface area contributed by atoms with Crippen molar-refractivity contribution in [2.24, 2.45) is 0 Å². The number of hydrogen-bond acceptors (Lipinski definition) is 4. The van der Waals surface area contributed by atoms with E-state index in [2.05, 4.69) is 0 Å². The maximum atomic E-state index is 13.8. The van der Waals surface area contributed by atoms with Gasteiger partial charge >= 0.3 is 0 Å². The third kappa shape index (κ3) is 2.67. The molecule has 5 heteroatoms. The molecule has 4 nitrogen and oxygen atoms in total. The van der Waals surface area contributed by atoms with Crippen LogP contribution in [0.5, 0.6) is 17.2 Å². The van der Waals surface area contributed by atoms with Gasteiger partial charge < -0.3 is 14.2 Å². The van der Waals surface area contributed by atoms with Gasteiger partial charge in [-0.2, -0.15) is 0 Å². The van der Waals surface area contributed by atoms with E-state index in [0.29, 0.717) is 28.4 Å². The van der Waals surface area contributed by atoms with E-state index in [1.807, 2.05) is 0 Å². The summed E-state index contributed by atoms with van der Waals surface area (Å²) in [6.07, 6.45) is 0. The summed E-state index contributed by atoms with van der Waals surface area (Å²) in [5, 5.41) is 0. The van der Waals surface area contributed by atoms with Gasteiger partial charge in [0.15, 0.2) is 6.61 Å². The number of ketones is 1. The van der Waals surface area contributed by atoms with E-state index in [1.54, 1.807) is 30.3 Å². The minimum atomic E-state index is -0.387. The molecule has 1 heterocycles. The van der Waals surface area contributed by atoms with Crippen molar-refractivity contribution in [2.45, 2.75) is 6.61 Å². The molecule has 0 spiro atoms. The predicted molar refractivity (Wildman–Crippen MR) is 73.6 cm³/mol. The Morgan fingerprint density at radius 3 is 2.76 bits per heavy atom. The Bertz CT molecular complexity index is 697. The number of Topliss-reactive ketones (excluding diaryl/α,β-unsaturated/α-hetero) is 1. The van der Waals surface area contributed by atoms with Gasteiger partial charge in [-0.15, -0.1) is 0 Å². The van der Waals surface area contributed by atoms with E-state index < -0.39 is 0 Å². The van der Waals surface area contributed by atoms with Gasteiger partial charge in [0.05, 0.1) is 12.7 Å². The van der Waals surface area contributed by atoms with E-state index in [9.17, 15) is 9.18 Å². The molecule has 0 atom stereocenters. The zero-order chi connectivity index (χ0) is 14.8. The molecule has 0 radical (unpaired) electrons. The fourth-order valence-electron chi connectivity index (χ4n) is 2.10. The lowest BCUT2D eigenvalue weighted by molar-refractivity contribution is 0.0961. The van der Waals surface area contributed by atoms with Crippen molar-refractivity contribution in [1.82, 2.24) is 0 Å². The van der Waals surface area contributed by atoms with Gasteiger partial charge in [-0.3, -0.25) is 4.79 Å². The Hall–Kier alpha value is -2.56. The van der Waals surface area contributed by atoms with Gasteiger partial charge in [-0.1, -0.05) is 0 Å². The highest BCUT2D eigenvalue weighted by Crippen LogP contribution is 2.30. The molecule has 0 unspecified atom stereocenters. The van der Waals surface area contributed by atoms with E-state index in [1.165, 1.54) is 13.2 Å². The highest BCUT2D eigenvalue weighted by Gasteiger charge is 2.21. The van der Waals surface area contributed by atoms with E-state index in [0.717, 1.165) is 0 Å². The molecule has 2 aromatic carbocycles. The fraction of sp³-hybridized carbons (Fsp3) is 0.188. The smallest absolute Gasteiger partial charge is 0.203 e. The Balaban J connectivity index is 1.72. The number of carbonyl (C=O) groups excluding carboxylic acids is 1. The highest BCUT2D eigenvalue weighted by molar-refractivity contribution is 6.02. The van der Waals surface area contributed by atoms with E-state index >= 15 is 0 Å². The Kier molecular flexibility index (Phi) is 3.48. The number of carbonyl (C=O) groups is 1. The monoisotopic (exact) mass is 288 g/mol. The van der Waals surface area contributed by atoms with Crippen LogP contribution in [0, 0.1) is 5.82 Å². The summed E-state index contributed by atoms with van der Waals surface area (Å²) in [4.78, 5) is 11.4. The molecule has 0 fully saturated rings. The van der Waals surface area contributed by atoms with Crippen molar-refractivity contribution in [3.05, 3.63) is 53.3 Å². The molecule has 3 rings (SSSR count). The van der Waals surface area contributed by atoms with E-state index in [4.69, 9.17) is 14.2 Å². The summed E-state index contributed by atoms with van der Waals surface area (Å²) < 4.78 is 29.5. The zero-order valence-electron chi connectivity index (χ0n) is 11.4. The number of methoxy groups -OCH3 is 1. The average Bonchev–Trinajstić information content (AvgIpc) is 2.87. The largest absolute Gasteiger partial charge is 0.497 e. The van der Waals surface area contributed by atoms with Crippen LogP contribution < -0.4 is 14.2 Å². The van der Waals surface area contributed by atoms with Gasteiger partial charge in [0, 0.05) is 17.7 Å². The third-order valence-electron chi connectivity index (χ3n) is 3.27. The summed E-state index contributed by atoms with van der Waals surface area (Å²) in [6.45, 7) is 0.147. The predicted octanol–water partition coefficient (Wildman–Crippen LogP) is 2.99. The first-order chi connectivity index (χ1) is 10.2. The number of hydrogen-bond donors (Lipinski definition) is 0. The van der Waals surface area contributed by atoms with Gasteiger partial charge in [0.1, 0.15) is 29.7 Å². The second-order valence-electron chi connectivity index (χ2n) is 4.62. The molecular formula is C16H13FO4. The number of ether oxygens (including phenoxy) is 3. The van der Waals surface area contributed by atoms with Crippen molar-refractivity contribution in [2.75, 3.05) is 13.7 Å². The summed E-state index contributed by atoms with van der Waals surface area (Å²) in [5.74, 6) is 1.06. The molecule has 108 valence electrons. The quantitative estimate of drug-likeness (QED) is 0.867. The lowest BCUT2D eigenvalue weighted by Gasteiger charge is -2.09. The second kappa shape index (κ2) is 5.44. The molecule has 2 aromatic rings. The first-order valence-electron chi connectivity index (χ1n) is 6.42.